The molecule has 1 aromatic carbocycles. The van der Waals surface area contributed by atoms with Crippen molar-refractivity contribution in [1.82, 2.24) is 9.88 Å². The fraction of sp³-hybridized carbons (Fsp3) is 0.0625. The number of benzene rings is 1. The molecule has 0 atom stereocenters. The van der Waals surface area contributed by atoms with Crippen LogP contribution in [-0.2, 0) is 16.6 Å². The van der Waals surface area contributed by atoms with Crippen LogP contribution in [0.5, 0.6) is 0 Å². The number of nitrogens with one attached hydrogen (secondary N) is 1. The SMILES string of the molecule is Cn1cccc1/C=C1\C(=O)NC(=S)N(c2ccccc2Cl)C1=O. The Morgan fingerprint density at radius 2 is 1.91 bits per heavy atom. The second-order valence-corrected chi connectivity index (χ2v) is 5.75. The number of aromatic nitrogens is 1. The molecule has 1 aromatic heterocycles. The van der Waals surface area contributed by atoms with Gasteiger partial charge >= 0.3 is 0 Å². The number of carbonyl (C=O) groups is 2. The van der Waals surface area contributed by atoms with Gasteiger partial charge in [0.1, 0.15) is 5.57 Å². The average molecular weight is 346 g/mol. The molecule has 5 nitrogen and oxygen atoms in total. The quantitative estimate of drug-likeness (QED) is 0.517. The first-order valence-corrected chi connectivity index (χ1v) is 7.55. The third-order valence-electron chi connectivity index (χ3n) is 3.47. The van der Waals surface area contributed by atoms with E-state index in [0.717, 1.165) is 5.69 Å². The minimum absolute atomic E-state index is 0.000296. The summed E-state index contributed by atoms with van der Waals surface area (Å²) in [6.07, 6.45) is 3.36. The number of halogens is 1. The monoisotopic (exact) mass is 345 g/mol. The summed E-state index contributed by atoms with van der Waals surface area (Å²) in [6.45, 7) is 0. The number of para-hydroxylation sites is 1. The summed E-state index contributed by atoms with van der Waals surface area (Å²) < 4.78 is 1.81. The van der Waals surface area contributed by atoms with Crippen molar-refractivity contribution in [1.29, 1.82) is 0 Å². The maximum absolute atomic E-state index is 12.8. The van der Waals surface area contributed by atoms with E-state index in [-0.39, 0.29) is 10.7 Å². The van der Waals surface area contributed by atoms with Crippen molar-refractivity contribution in [3.05, 3.63) is 58.9 Å². The van der Waals surface area contributed by atoms with Crippen molar-refractivity contribution in [2.24, 2.45) is 7.05 Å². The molecular weight excluding hydrogens is 334 g/mol. The molecule has 2 aromatic rings. The van der Waals surface area contributed by atoms with Gasteiger partial charge in [0.15, 0.2) is 5.11 Å². The Kier molecular flexibility index (Phi) is 4.02. The van der Waals surface area contributed by atoms with Crippen molar-refractivity contribution >= 4 is 52.5 Å². The zero-order chi connectivity index (χ0) is 16.6. The van der Waals surface area contributed by atoms with E-state index in [1.165, 1.54) is 11.0 Å². The number of thiocarbonyl (C=S) groups is 1. The number of nitrogens with zero attached hydrogens (tertiary/aromatic N) is 2. The summed E-state index contributed by atoms with van der Waals surface area (Å²) in [5.74, 6) is -1.03. The van der Waals surface area contributed by atoms with Gasteiger partial charge in [-0.15, -0.1) is 0 Å². The summed E-state index contributed by atoms with van der Waals surface area (Å²) in [5, 5.41) is 2.91. The van der Waals surface area contributed by atoms with Crippen molar-refractivity contribution < 1.29 is 9.59 Å². The van der Waals surface area contributed by atoms with Crippen LogP contribution in [0.3, 0.4) is 0 Å². The minimum atomic E-state index is -0.524. The maximum Gasteiger partial charge on any atom is 0.270 e. The van der Waals surface area contributed by atoms with Crippen molar-refractivity contribution in [2.45, 2.75) is 0 Å². The summed E-state index contributed by atoms with van der Waals surface area (Å²) in [4.78, 5) is 26.2. The van der Waals surface area contributed by atoms with Crippen LogP contribution in [0.1, 0.15) is 5.69 Å². The predicted molar refractivity (Wildman–Crippen MR) is 93.1 cm³/mol. The van der Waals surface area contributed by atoms with E-state index in [4.69, 9.17) is 23.8 Å². The van der Waals surface area contributed by atoms with Crippen LogP contribution in [0.25, 0.3) is 6.08 Å². The summed E-state index contributed by atoms with van der Waals surface area (Å²) in [6, 6.07) is 10.5. The molecule has 0 aliphatic carbocycles. The largest absolute Gasteiger partial charge is 0.351 e. The van der Waals surface area contributed by atoms with Gasteiger partial charge in [0.2, 0.25) is 0 Å². The first-order chi connectivity index (χ1) is 11.0. The molecule has 3 rings (SSSR count). The minimum Gasteiger partial charge on any atom is -0.351 e. The second-order valence-electron chi connectivity index (χ2n) is 4.95. The Bertz CT molecular complexity index is 857. The molecule has 23 heavy (non-hydrogen) atoms. The van der Waals surface area contributed by atoms with Gasteiger partial charge < -0.3 is 4.57 Å². The van der Waals surface area contributed by atoms with Gasteiger partial charge in [-0.05, 0) is 42.6 Å². The highest BCUT2D eigenvalue weighted by atomic mass is 35.5. The highest BCUT2D eigenvalue weighted by Crippen LogP contribution is 2.28. The Balaban J connectivity index is 2.07. The molecule has 116 valence electrons. The van der Waals surface area contributed by atoms with Gasteiger partial charge in [0.05, 0.1) is 10.7 Å². The van der Waals surface area contributed by atoms with Gasteiger partial charge in [0, 0.05) is 18.9 Å². The van der Waals surface area contributed by atoms with E-state index in [0.29, 0.717) is 10.7 Å². The van der Waals surface area contributed by atoms with Crippen LogP contribution in [0.15, 0.2) is 48.2 Å². The van der Waals surface area contributed by atoms with Crippen molar-refractivity contribution in [2.75, 3.05) is 4.90 Å². The second kappa shape index (κ2) is 5.98. The smallest absolute Gasteiger partial charge is 0.270 e. The Labute approximate surface area is 143 Å². The maximum atomic E-state index is 12.8. The average Bonchev–Trinajstić information content (AvgIpc) is 2.90. The van der Waals surface area contributed by atoms with E-state index in [1.54, 1.807) is 34.9 Å². The molecule has 7 heteroatoms. The van der Waals surface area contributed by atoms with E-state index >= 15 is 0 Å². The summed E-state index contributed by atoms with van der Waals surface area (Å²) in [7, 11) is 1.83. The first kappa shape index (κ1) is 15.5. The van der Waals surface area contributed by atoms with Gasteiger partial charge in [-0.3, -0.25) is 19.8 Å². The molecular formula is C16H12ClN3O2S. The number of hydrogen-bond donors (Lipinski definition) is 1. The molecule has 2 amide bonds. The summed E-state index contributed by atoms with van der Waals surface area (Å²) in [5.41, 5.74) is 1.16. The molecule has 0 bridgehead atoms. The molecule has 1 fully saturated rings. The number of carbonyl (C=O) groups excluding carboxylic acids is 2. The van der Waals surface area contributed by atoms with E-state index in [9.17, 15) is 9.59 Å². The highest BCUT2D eigenvalue weighted by Gasteiger charge is 2.35. The fourth-order valence-electron chi connectivity index (χ4n) is 2.28. The van der Waals surface area contributed by atoms with Gasteiger partial charge in [0.25, 0.3) is 11.8 Å². The number of rotatable bonds is 2. The van der Waals surface area contributed by atoms with Crippen LogP contribution >= 0.6 is 23.8 Å². The lowest BCUT2D eigenvalue weighted by Gasteiger charge is -2.29. The first-order valence-electron chi connectivity index (χ1n) is 6.76. The van der Waals surface area contributed by atoms with Gasteiger partial charge in [-0.1, -0.05) is 23.7 Å². The third kappa shape index (κ3) is 2.78. The fourth-order valence-corrected chi connectivity index (χ4v) is 2.78. The topological polar surface area (TPSA) is 54.3 Å². The molecule has 1 N–H and O–H groups in total. The zero-order valence-electron chi connectivity index (χ0n) is 12.1. The Morgan fingerprint density at radius 1 is 1.17 bits per heavy atom. The van der Waals surface area contributed by atoms with Gasteiger partial charge in [-0.25, -0.2) is 0 Å². The lowest BCUT2D eigenvalue weighted by atomic mass is 10.1. The molecule has 1 aliphatic rings. The molecule has 0 spiro atoms. The van der Waals surface area contributed by atoms with Crippen LogP contribution in [-0.4, -0.2) is 21.5 Å². The Hall–Kier alpha value is -2.44. The molecule has 0 unspecified atom stereocenters. The van der Waals surface area contributed by atoms with Crippen molar-refractivity contribution in [3.8, 4) is 0 Å². The molecule has 1 aliphatic heterocycles. The highest BCUT2D eigenvalue weighted by molar-refractivity contribution is 7.80. The van der Waals surface area contributed by atoms with E-state index < -0.39 is 11.8 Å². The summed E-state index contributed by atoms with van der Waals surface area (Å²) >= 11 is 11.3. The molecule has 0 radical (unpaired) electrons. The third-order valence-corrected chi connectivity index (χ3v) is 4.08. The molecule has 2 heterocycles. The van der Waals surface area contributed by atoms with Crippen LogP contribution in [0.4, 0.5) is 5.69 Å². The van der Waals surface area contributed by atoms with Crippen molar-refractivity contribution in [3.63, 3.8) is 0 Å². The van der Waals surface area contributed by atoms with E-state index in [2.05, 4.69) is 5.32 Å². The van der Waals surface area contributed by atoms with Crippen LogP contribution < -0.4 is 10.2 Å². The molecule has 0 saturated carbocycles. The lowest BCUT2D eigenvalue weighted by Crippen LogP contribution is -2.54. The standard InChI is InChI=1S/C16H12ClN3O2S/c1-19-8-4-5-10(19)9-11-14(21)18-16(23)20(15(11)22)13-7-3-2-6-12(13)17/h2-9H,1H3,(H,18,21,23)/b11-9+. The van der Waals surface area contributed by atoms with E-state index in [1.807, 2.05) is 19.3 Å². The number of aryl methyl sites for hydroxylation is 1. The Morgan fingerprint density at radius 3 is 2.57 bits per heavy atom. The van der Waals surface area contributed by atoms with Crippen LogP contribution in [0.2, 0.25) is 5.02 Å². The van der Waals surface area contributed by atoms with Gasteiger partial charge in [-0.2, -0.15) is 0 Å². The number of hydrogen-bond acceptors (Lipinski definition) is 3. The number of amides is 2. The number of anilines is 1. The molecule has 1 saturated heterocycles. The predicted octanol–water partition coefficient (Wildman–Crippen LogP) is 2.51. The van der Waals surface area contributed by atoms with Crippen LogP contribution in [0, 0.1) is 0 Å². The lowest BCUT2D eigenvalue weighted by molar-refractivity contribution is -0.122. The normalized spacial score (nSPS) is 16.9. The zero-order valence-corrected chi connectivity index (χ0v) is 13.7.